The van der Waals surface area contributed by atoms with E-state index in [1.54, 1.807) is 48.5 Å². The predicted molar refractivity (Wildman–Crippen MR) is 106 cm³/mol. The molecular formula is C20H14Cl2N2O4. The van der Waals surface area contributed by atoms with Crippen LogP contribution in [0.3, 0.4) is 0 Å². The molecule has 4 rings (SSSR count). The Hall–Kier alpha value is -2.96. The molecule has 1 aliphatic heterocycles. The summed E-state index contributed by atoms with van der Waals surface area (Å²) in [6, 6.07) is 15.9. The van der Waals surface area contributed by atoms with Crippen LogP contribution >= 0.6 is 23.2 Å². The zero-order valence-corrected chi connectivity index (χ0v) is 15.9. The van der Waals surface area contributed by atoms with Crippen LogP contribution in [-0.4, -0.2) is 24.8 Å². The minimum atomic E-state index is -0.788. The van der Waals surface area contributed by atoms with Gasteiger partial charge >= 0.3 is 0 Å². The van der Waals surface area contributed by atoms with Crippen molar-refractivity contribution in [3.63, 3.8) is 0 Å². The fourth-order valence-corrected chi connectivity index (χ4v) is 3.03. The van der Waals surface area contributed by atoms with E-state index >= 15 is 0 Å². The lowest BCUT2D eigenvalue weighted by molar-refractivity contribution is -0.130. The van der Waals surface area contributed by atoms with E-state index in [2.05, 4.69) is 10.5 Å². The molecule has 1 unspecified atom stereocenters. The van der Waals surface area contributed by atoms with Gasteiger partial charge in [-0.15, -0.1) is 0 Å². The zero-order valence-electron chi connectivity index (χ0n) is 14.4. The summed E-state index contributed by atoms with van der Waals surface area (Å²) in [5, 5.41) is 4.75. The molecule has 1 aliphatic rings. The molecule has 28 heavy (non-hydrogen) atoms. The molecule has 1 amide bonds. The van der Waals surface area contributed by atoms with Crippen LogP contribution < -0.4 is 14.9 Å². The van der Waals surface area contributed by atoms with E-state index in [0.29, 0.717) is 38.6 Å². The molecule has 0 aliphatic carbocycles. The maximum Gasteiger partial charge on any atom is 0.284 e. The number of hydrogen-bond acceptors (Lipinski definition) is 5. The minimum absolute atomic E-state index is 0.108. The van der Waals surface area contributed by atoms with Crippen LogP contribution in [0.25, 0.3) is 11.3 Å². The molecule has 1 aromatic heterocycles. The van der Waals surface area contributed by atoms with Crippen LogP contribution in [0.4, 0.5) is 0 Å². The van der Waals surface area contributed by atoms with Gasteiger partial charge in [0.05, 0.1) is 16.3 Å². The second-order valence-corrected chi connectivity index (χ2v) is 6.69. The van der Waals surface area contributed by atoms with Gasteiger partial charge in [0.15, 0.2) is 11.5 Å². The molecular weight excluding hydrogens is 403 g/mol. The van der Waals surface area contributed by atoms with E-state index < -0.39 is 12.0 Å². The van der Waals surface area contributed by atoms with Crippen LogP contribution in [0.1, 0.15) is 5.76 Å². The molecule has 1 atom stereocenters. The second kappa shape index (κ2) is 7.96. The maximum absolute atomic E-state index is 12.2. The predicted octanol–water partition coefficient (Wildman–Crippen LogP) is 4.54. The molecule has 2 aromatic carbocycles. The lowest BCUT2D eigenvalue weighted by Crippen LogP contribution is -2.42. The molecule has 0 bridgehead atoms. The summed E-state index contributed by atoms with van der Waals surface area (Å²) in [4.78, 5) is 12.2. The van der Waals surface area contributed by atoms with E-state index in [-0.39, 0.29) is 6.61 Å². The number of furan rings is 1. The normalized spacial score (nSPS) is 15.6. The van der Waals surface area contributed by atoms with Crippen LogP contribution in [0.5, 0.6) is 11.5 Å². The molecule has 0 saturated carbocycles. The maximum atomic E-state index is 12.2. The number of fused-ring (bicyclic) bond motifs is 1. The van der Waals surface area contributed by atoms with Gasteiger partial charge in [0, 0.05) is 5.56 Å². The van der Waals surface area contributed by atoms with E-state index in [1.807, 2.05) is 6.07 Å². The van der Waals surface area contributed by atoms with E-state index in [9.17, 15) is 4.79 Å². The Bertz CT molecular complexity index is 1050. The number of rotatable bonds is 4. The third-order valence-corrected chi connectivity index (χ3v) is 4.83. The van der Waals surface area contributed by atoms with Gasteiger partial charge in [-0.2, -0.15) is 5.10 Å². The van der Waals surface area contributed by atoms with Crippen LogP contribution in [0.15, 0.2) is 64.1 Å². The summed E-state index contributed by atoms with van der Waals surface area (Å²) in [7, 11) is 0. The lowest BCUT2D eigenvalue weighted by Gasteiger charge is -2.24. The zero-order chi connectivity index (χ0) is 19.5. The van der Waals surface area contributed by atoms with E-state index in [0.717, 1.165) is 0 Å². The number of hydrogen-bond donors (Lipinski definition) is 1. The van der Waals surface area contributed by atoms with Gasteiger partial charge in [-0.05, 0) is 36.4 Å². The van der Waals surface area contributed by atoms with Gasteiger partial charge in [-0.25, -0.2) is 5.43 Å². The fraction of sp³-hybridized carbons (Fsp3) is 0.100. The monoisotopic (exact) mass is 416 g/mol. The standard InChI is InChI=1S/C20H14Cl2N2O4/c21-14-5-3-4-13(19(14)22)15-9-8-12(27-15)10-23-24-20(25)18-11-26-16-6-1-2-7-17(16)28-18/h1-10,18H,11H2,(H,24,25)/b23-10-. The summed E-state index contributed by atoms with van der Waals surface area (Å²) < 4.78 is 16.8. The highest BCUT2D eigenvalue weighted by atomic mass is 35.5. The SMILES string of the molecule is O=C(N/N=C\c1ccc(-c2cccc(Cl)c2Cl)o1)C1COc2ccccc2O1. The summed E-state index contributed by atoms with van der Waals surface area (Å²) in [5.41, 5.74) is 3.09. The molecule has 8 heteroatoms. The van der Waals surface area contributed by atoms with Crippen molar-refractivity contribution < 1.29 is 18.7 Å². The summed E-state index contributed by atoms with van der Waals surface area (Å²) >= 11 is 12.2. The molecule has 2 heterocycles. The smallest absolute Gasteiger partial charge is 0.284 e. The quantitative estimate of drug-likeness (QED) is 0.500. The number of ether oxygens (including phenoxy) is 2. The Morgan fingerprint density at radius 1 is 1.07 bits per heavy atom. The number of carbonyl (C=O) groups excluding carboxylic acids is 1. The number of para-hydroxylation sites is 2. The van der Waals surface area contributed by atoms with Gasteiger partial charge in [-0.1, -0.05) is 41.4 Å². The van der Waals surface area contributed by atoms with Crippen molar-refractivity contribution in [2.24, 2.45) is 5.10 Å². The van der Waals surface area contributed by atoms with E-state index in [1.165, 1.54) is 6.21 Å². The average Bonchev–Trinajstić information content (AvgIpc) is 3.18. The Balaban J connectivity index is 1.39. The molecule has 6 nitrogen and oxygen atoms in total. The van der Waals surface area contributed by atoms with Gasteiger partial charge in [0.2, 0.25) is 6.10 Å². The number of nitrogens with zero attached hydrogens (tertiary/aromatic N) is 1. The summed E-state index contributed by atoms with van der Waals surface area (Å²) in [6.45, 7) is 0.108. The number of amides is 1. The number of benzene rings is 2. The van der Waals surface area contributed by atoms with Crippen molar-refractivity contribution in [3.8, 4) is 22.8 Å². The van der Waals surface area contributed by atoms with Crippen molar-refractivity contribution in [1.29, 1.82) is 0 Å². The Morgan fingerprint density at radius 3 is 2.75 bits per heavy atom. The van der Waals surface area contributed by atoms with Gasteiger partial charge in [0.1, 0.15) is 18.1 Å². The molecule has 142 valence electrons. The summed E-state index contributed by atoms with van der Waals surface area (Å²) in [5.74, 6) is 1.69. The van der Waals surface area contributed by atoms with Crippen molar-refractivity contribution in [1.82, 2.24) is 5.43 Å². The average molecular weight is 417 g/mol. The third-order valence-electron chi connectivity index (χ3n) is 4.01. The first-order valence-corrected chi connectivity index (χ1v) is 9.13. The largest absolute Gasteiger partial charge is 0.485 e. The number of carbonyl (C=O) groups is 1. The summed E-state index contributed by atoms with van der Waals surface area (Å²) in [6.07, 6.45) is 0.599. The molecule has 0 saturated heterocycles. The molecule has 0 radical (unpaired) electrons. The number of hydrazone groups is 1. The van der Waals surface area contributed by atoms with Crippen LogP contribution in [-0.2, 0) is 4.79 Å². The van der Waals surface area contributed by atoms with Crippen LogP contribution in [0.2, 0.25) is 10.0 Å². The third kappa shape index (κ3) is 3.83. The molecule has 0 fully saturated rings. The second-order valence-electron chi connectivity index (χ2n) is 5.90. The molecule has 0 spiro atoms. The van der Waals surface area contributed by atoms with Crippen molar-refractivity contribution >= 4 is 35.3 Å². The van der Waals surface area contributed by atoms with Crippen molar-refractivity contribution in [2.45, 2.75) is 6.10 Å². The first-order valence-electron chi connectivity index (χ1n) is 8.37. The lowest BCUT2D eigenvalue weighted by atomic mass is 10.2. The van der Waals surface area contributed by atoms with Crippen molar-refractivity contribution in [3.05, 3.63) is 70.4 Å². The highest BCUT2D eigenvalue weighted by Crippen LogP contribution is 2.34. The van der Waals surface area contributed by atoms with Crippen LogP contribution in [0, 0.1) is 0 Å². The van der Waals surface area contributed by atoms with Gasteiger partial charge in [-0.3, -0.25) is 4.79 Å². The van der Waals surface area contributed by atoms with Gasteiger partial charge in [0.25, 0.3) is 5.91 Å². The van der Waals surface area contributed by atoms with Crippen molar-refractivity contribution in [2.75, 3.05) is 6.61 Å². The number of halogens is 2. The number of nitrogens with one attached hydrogen (secondary N) is 1. The molecule has 1 N–H and O–H groups in total. The first-order chi connectivity index (χ1) is 13.6. The topological polar surface area (TPSA) is 73.1 Å². The highest BCUT2D eigenvalue weighted by molar-refractivity contribution is 6.43. The van der Waals surface area contributed by atoms with Gasteiger partial charge < -0.3 is 13.9 Å². The molecule has 3 aromatic rings. The highest BCUT2D eigenvalue weighted by Gasteiger charge is 2.27. The minimum Gasteiger partial charge on any atom is -0.485 e. The Labute approximate surface area is 170 Å². The Morgan fingerprint density at radius 2 is 1.89 bits per heavy atom. The Kier molecular flexibility index (Phi) is 5.23. The fourth-order valence-electron chi connectivity index (χ4n) is 2.64. The first kappa shape index (κ1) is 18.4. The van der Waals surface area contributed by atoms with E-state index in [4.69, 9.17) is 37.1 Å².